The second kappa shape index (κ2) is 7.85. The summed E-state index contributed by atoms with van der Waals surface area (Å²) in [5.74, 6) is 0. The van der Waals surface area contributed by atoms with Gasteiger partial charge in [0.25, 0.3) is 0 Å². The minimum atomic E-state index is -3.74. The molecule has 0 bridgehead atoms. The molecule has 0 saturated carbocycles. The van der Waals surface area contributed by atoms with Crippen LogP contribution in [0.5, 0.6) is 0 Å². The van der Waals surface area contributed by atoms with E-state index in [1.54, 1.807) is 22.7 Å². The predicted octanol–water partition coefficient (Wildman–Crippen LogP) is 3.52. The van der Waals surface area contributed by atoms with E-state index in [-0.39, 0.29) is 9.79 Å². The van der Waals surface area contributed by atoms with Gasteiger partial charge in [0.05, 0.1) is 4.90 Å². The zero-order chi connectivity index (χ0) is 20.6. The molecule has 0 fully saturated rings. The molecule has 0 unspecified atom stereocenters. The molecule has 0 aliphatic rings. The van der Waals surface area contributed by atoms with Crippen molar-refractivity contribution < 1.29 is 8.42 Å². The van der Waals surface area contributed by atoms with Gasteiger partial charge in [0.1, 0.15) is 5.03 Å². The van der Waals surface area contributed by atoms with Gasteiger partial charge >= 0.3 is 0 Å². The average Bonchev–Trinajstić information content (AvgIpc) is 3.03. The fourth-order valence-electron chi connectivity index (χ4n) is 3.32. The Balaban J connectivity index is 2.36. The molecule has 8 heteroatoms. The molecular weight excluding hydrogens is 392 g/mol. The van der Waals surface area contributed by atoms with Crippen molar-refractivity contribution in [3.63, 3.8) is 0 Å². The molecule has 0 saturated heterocycles. The number of thioether (sulfide) groups is 1. The van der Waals surface area contributed by atoms with Gasteiger partial charge in [-0.25, -0.2) is 17.9 Å². The van der Waals surface area contributed by atoms with Gasteiger partial charge in [-0.3, -0.25) is 0 Å². The second-order valence-electron chi connectivity index (χ2n) is 7.11. The third-order valence-electron chi connectivity index (χ3n) is 4.70. The molecule has 0 radical (unpaired) electrons. The lowest BCUT2D eigenvalue weighted by atomic mass is 10.1. The van der Waals surface area contributed by atoms with Gasteiger partial charge in [-0.2, -0.15) is 5.10 Å². The summed E-state index contributed by atoms with van der Waals surface area (Å²) in [5.41, 5.74) is 4.23. The Labute approximate surface area is 170 Å². The van der Waals surface area contributed by atoms with E-state index in [0.717, 1.165) is 35.5 Å². The molecule has 0 aliphatic carbocycles. The quantitative estimate of drug-likeness (QED) is 0.571. The minimum absolute atomic E-state index is 0.194. The third-order valence-corrected chi connectivity index (χ3v) is 7.29. The fraction of sp³-hybridized carbons (Fsp3) is 0.400. The van der Waals surface area contributed by atoms with Crippen LogP contribution in [-0.2, 0) is 22.8 Å². The number of benzene rings is 1. The van der Waals surface area contributed by atoms with E-state index >= 15 is 0 Å². The molecule has 28 heavy (non-hydrogen) atoms. The number of rotatable bonds is 6. The minimum Gasteiger partial charge on any atom is -0.305 e. The Bertz CT molecular complexity index is 1130. The smallest absolute Gasteiger partial charge is 0.213 e. The Morgan fingerprint density at radius 2 is 1.93 bits per heavy atom. The maximum atomic E-state index is 13.5. The highest BCUT2D eigenvalue weighted by Gasteiger charge is 2.30. The topological polar surface area (TPSA) is 67.6 Å². The zero-order valence-corrected chi connectivity index (χ0v) is 18.8. The maximum absolute atomic E-state index is 13.5. The SMILES string of the molecule is CCc1nc2c(S(=O)(=O)c3cccc(C)c3)c(SC)nn2c(C)c1CN(C)C. The molecule has 2 aromatic heterocycles. The van der Waals surface area contributed by atoms with Gasteiger partial charge in [0.2, 0.25) is 9.84 Å². The highest BCUT2D eigenvalue weighted by molar-refractivity contribution is 7.99. The van der Waals surface area contributed by atoms with E-state index < -0.39 is 9.84 Å². The summed E-state index contributed by atoms with van der Waals surface area (Å²) in [6, 6.07) is 6.97. The van der Waals surface area contributed by atoms with Crippen LogP contribution in [0.4, 0.5) is 0 Å². The van der Waals surface area contributed by atoms with Gasteiger partial charge in [-0.05, 0) is 58.3 Å². The van der Waals surface area contributed by atoms with Crippen molar-refractivity contribution in [3.05, 3.63) is 46.8 Å². The lowest BCUT2D eigenvalue weighted by Gasteiger charge is -2.16. The molecule has 6 nitrogen and oxygen atoms in total. The Morgan fingerprint density at radius 1 is 1.21 bits per heavy atom. The van der Waals surface area contributed by atoms with E-state index in [2.05, 4.69) is 10.00 Å². The van der Waals surface area contributed by atoms with E-state index in [1.165, 1.54) is 11.8 Å². The standard InChI is InChI=1S/C20H26N4O2S2/c1-7-17-16(12-23(4)5)14(3)24-19(21-17)18(20(22-24)27-6)28(25,26)15-10-8-9-13(2)11-15/h8-11H,7,12H2,1-6H3. The number of sulfone groups is 1. The monoisotopic (exact) mass is 418 g/mol. The number of aromatic nitrogens is 3. The summed E-state index contributed by atoms with van der Waals surface area (Å²) in [7, 11) is 0.272. The van der Waals surface area contributed by atoms with Crippen molar-refractivity contribution in [1.29, 1.82) is 0 Å². The highest BCUT2D eigenvalue weighted by Crippen LogP contribution is 2.34. The van der Waals surface area contributed by atoms with Crippen molar-refractivity contribution in [2.45, 2.75) is 48.6 Å². The summed E-state index contributed by atoms with van der Waals surface area (Å²) in [5, 5.41) is 5.08. The fourth-order valence-corrected chi connectivity index (χ4v) is 5.82. The third kappa shape index (κ3) is 3.56. The van der Waals surface area contributed by atoms with Crippen LogP contribution in [0.1, 0.15) is 29.4 Å². The summed E-state index contributed by atoms with van der Waals surface area (Å²) < 4.78 is 28.7. The van der Waals surface area contributed by atoms with Crippen molar-refractivity contribution >= 4 is 27.2 Å². The number of aryl methyl sites for hydroxylation is 3. The Hall–Kier alpha value is -1.90. The van der Waals surface area contributed by atoms with Crippen molar-refractivity contribution in [2.24, 2.45) is 0 Å². The summed E-state index contributed by atoms with van der Waals surface area (Å²) >= 11 is 1.33. The van der Waals surface area contributed by atoms with E-state index in [4.69, 9.17) is 4.98 Å². The van der Waals surface area contributed by atoms with E-state index in [9.17, 15) is 8.42 Å². The first-order valence-corrected chi connectivity index (χ1v) is 11.8. The van der Waals surface area contributed by atoms with Gasteiger partial charge in [-0.1, -0.05) is 19.1 Å². The van der Waals surface area contributed by atoms with Gasteiger partial charge in [-0.15, -0.1) is 11.8 Å². The van der Waals surface area contributed by atoms with Crippen LogP contribution in [0, 0.1) is 13.8 Å². The molecular formula is C20H26N4O2S2. The molecule has 0 amide bonds. The van der Waals surface area contributed by atoms with E-state index in [1.807, 2.05) is 47.2 Å². The molecule has 3 rings (SSSR count). The summed E-state index contributed by atoms with van der Waals surface area (Å²) in [4.78, 5) is 7.32. The molecule has 150 valence electrons. The lowest BCUT2D eigenvalue weighted by Crippen LogP contribution is -2.17. The molecule has 1 aromatic carbocycles. The van der Waals surface area contributed by atoms with Crippen molar-refractivity contribution in [1.82, 2.24) is 19.5 Å². The van der Waals surface area contributed by atoms with Gasteiger partial charge in [0, 0.05) is 23.5 Å². The number of fused-ring (bicyclic) bond motifs is 1. The molecule has 0 spiro atoms. The van der Waals surface area contributed by atoms with Crippen LogP contribution in [0.2, 0.25) is 0 Å². The van der Waals surface area contributed by atoms with Crippen LogP contribution >= 0.6 is 11.8 Å². The second-order valence-corrected chi connectivity index (χ2v) is 9.79. The van der Waals surface area contributed by atoms with Crippen LogP contribution in [-0.4, -0.2) is 48.3 Å². The summed E-state index contributed by atoms with van der Waals surface area (Å²) in [6.07, 6.45) is 2.57. The van der Waals surface area contributed by atoms with Crippen molar-refractivity contribution in [3.8, 4) is 0 Å². The normalized spacial score (nSPS) is 12.2. The van der Waals surface area contributed by atoms with Crippen LogP contribution in [0.25, 0.3) is 5.65 Å². The maximum Gasteiger partial charge on any atom is 0.213 e. The summed E-state index contributed by atoms with van der Waals surface area (Å²) in [6.45, 7) is 6.63. The zero-order valence-electron chi connectivity index (χ0n) is 17.1. The molecule has 0 aliphatic heterocycles. The predicted molar refractivity (Wildman–Crippen MR) is 113 cm³/mol. The van der Waals surface area contributed by atoms with E-state index in [0.29, 0.717) is 10.7 Å². The first-order valence-electron chi connectivity index (χ1n) is 9.12. The number of nitrogens with zero attached hydrogens (tertiary/aromatic N) is 4. The Kier molecular flexibility index (Phi) is 5.84. The van der Waals surface area contributed by atoms with Gasteiger partial charge in [0.15, 0.2) is 10.5 Å². The van der Waals surface area contributed by atoms with Crippen molar-refractivity contribution in [2.75, 3.05) is 20.4 Å². The molecule has 0 N–H and O–H groups in total. The largest absolute Gasteiger partial charge is 0.305 e. The van der Waals surface area contributed by atoms with Crippen LogP contribution < -0.4 is 0 Å². The first-order chi connectivity index (χ1) is 13.2. The van der Waals surface area contributed by atoms with Gasteiger partial charge < -0.3 is 4.90 Å². The average molecular weight is 419 g/mol. The molecule has 3 aromatic rings. The van der Waals surface area contributed by atoms with Crippen LogP contribution in [0.3, 0.4) is 0 Å². The first kappa shape index (κ1) is 20.8. The number of hydrogen-bond donors (Lipinski definition) is 0. The highest BCUT2D eigenvalue weighted by atomic mass is 32.2. The molecule has 2 heterocycles. The molecule has 0 atom stereocenters. The lowest BCUT2D eigenvalue weighted by molar-refractivity contribution is 0.397. The number of hydrogen-bond acceptors (Lipinski definition) is 6. The van der Waals surface area contributed by atoms with Crippen LogP contribution in [0.15, 0.2) is 39.1 Å². The Morgan fingerprint density at radius 3 is 2.50 bits per heavy atom.